The number of hydrogen-bond donors (Lipinski definition) is 1. The molecule has 2 N–H and O–H groups in total. The highest BCUT2D eigenvalue weighted by Gasteiger charge is 2.42. The van der Waals surface area contributed by atoms with Crippen LogP contribution in [0, 0.1) is 11.6 Å². The van der Waals surface area contributed by atoms with Crippen molar-refractivity contribution in [2.24, 2.45) is 5.73 Å². The van der Waals surface area contributed by atoms with E-state index in [0.717, 1.165) is 37.3 Å². The van der Waals surface area contributed by atoms with Crippen molar-refractivity contribution in [3.05, 3.63) is 35.4 Å². The molecule has 2 bridgehead atoms. The molecule has 2 saturated heterocycles. The summed E-state index contributed by atoms with van der Waals surface area (Å²) in [5.74, 6) is -0.995. The molecule has 4 heteroatoms. The largest absolute Gasteiger partial charge is 0.328 e. The minimum absolute atomic E-state index is 0.0511. The van der Waals surface area contributed by atoms with E-state index in [0.29, 0.717) is 12.1 Å². The highest BCUT2D eigenvalue weighted by Crippen LogP contribution is 2.41. The first-order valence-electron chi connectivity index (χ1n) is 7.03. The van der Waals surface area contributed by atoms with Gasteiger partial charge in [-0.2, -0.15) is 0 Å². The highest BCUT2D eigenvalue weighted by atomic mass is 19.1. The zero-order valence-corrected chi connectivity index (χ0v) is 11.2. The Bertz CT molecular complexity index is 443. The molecule has 2 aliphatic heterocycles. The molecule has 1 aromatic rings. The summed E-state index contributed by atoms with van der Waals surface area (Å²) in [5, 5.41) is 0. The van der Waals surface area contributed by atoms with Gasteiger partial charge in [0.2, 0.25) is 0 Å². The average molecular weight is 266 g/mol. The van der Waals surface area contributed by atoms with Crippen molar-refractivity contribution < 1.29 is 8.78 Å². The second-order valence-corrected chi connectivity index (χ2v) is 5.94. The van der Waals surface area contributed by atoms with Crippen molar-refractivity contribution in [2.75, 3.05) is 0 Å². The Morgan fingerprint density at radius 2 is 1.63 bits per heavy atom. The van der Waals surface area contributed by atoms with Crippen LogP contribution in [0.25, 0.3) is 0 Å². The van der Waals surface area contributed by atoms with Crippen LogP contribution in [0.5, 0.6) is 0 Å². The molecule has 2 nitrogen and oxygen atoms in total. The smallest absolute Gasteiger partial charge is 0.126 e. The molecule has 3 atom stereocenters. The summed E-state index contributed by atoms with van der Waals surface area (Å²) >= 11 is 0. The molecule has 0 aliphatic carbocycles. The Morgan fingerprint density at radius 3 is 2.16 bits per heavy atom. The zero-order chi connectivity index (χ0) is 13.6. The first kappa shape index (κ1) is 13.0. The van der Waals surface area contributed by atoms with Gasteiger partial charge in [-0.15, -0.1) is 0 Å². The summed E-state index contributed by atoms with van der Waals surface area (Å²) in [6, 6.07) is 5.09. The van der Waals surface area contributed by atoms with Crippen molar-refractivity contribution in [3.8, 4) is 0 Å². The maximum atomic E-state index is 13.3. The van der Waals surface area contributed by atoms with Crippen LogP contribution in [-0.2, 0) is 0 Å². The average Bonchev–Trinajstić information content (AvgIpc) is 2.59. The number of piperidine rings is 1. The SMILES string of the molecule is CC(c1cc(F)cc(F)c1)N1C2CCC1CC(N)C2. The van der Waals surface area contributed by atoms with Gasteiger partial charge in [0.1, 0.15) is 11.6 Å². The Labute approximate surface area is 112 Å². The highest BCUT2D eigenvalue weighted by molar-refractivity contribution is 5.22. The molecule has 0 radical (unpaired) electrons. The van der Waals surface area contributed by atoms with E-state index in [2.05, 4.69) is 4.90 Å². The molecule has 1 aromatic carbocycles. The van der Waals surface area contributed by atoms with Crippen molar-refractivity contribution in [2.45, 2.75) is 56.8 Å². The van der Waals surface area contributed by atoms with Crippen LogP contribution in [0.1, 0.15) is 44.2 Å². The molecule has 0 spiro atoms. The van der Waals surface area contributed by atoms with Crippen LogP contribution >= 0.6 is 0 Å². The van der Waals surface area contributed by atoms with Gasteiger partial charge >= 0.3 is 0 Å². The van der Waals surface area contributed by atoms with Gasteiger partial charge in [0.25, 0.3) is 0 Å². The number of benzene rings is 1. The van der Waals surface area contributed by atoms with Gasteiger partial charge in [-0.3, -0.25) is 4.90 Å². The van der Waals surface area contributed by atoms with Crippen molar-refractivity contribution in [3.63, 3.8) is 0 Å². The summed E-state index contributed by atoms with van der Waals surface area (Å²) in [4.78, 5) is 2.41. The monoisotopic (exact) mass is 266 g/mol. The van der Waals surface area contributed by atoms with E-state index in [9.17, 15) is 8.78 Å². The second-order valence-electron chi connectivity index (χ2n) is 5.94. The molecule has 2 aliphatic rings. The quantitative estimate of drug-likeness (QED) is 0.891. The Kier molecular flexibility index (Phi) is 3.31. The Hall–Kier alpha value is -1.00. The first-order valence-corrected chi connectivity index (χ1v) is 7.03. The summed E-state index contributed by atoms with van der Waals surface area (Å²) < 4.78 is 26.7. The molecule has 2 fully saturated rings. The molecule has 19 heavy (non-hydrogen) atoms. The van der Waals surface area contributed by atoms with E-state index >= 15 is 0 Å². The lowest BCUT2D eigenvalue weighted by atomic mass is 9.94. The molecule has 0 aromatic heterocycles. The number of rotatable bonds is 2. The van der Waals surface area contributed by atoms with Crippen LogP contribution < -0.4 is 5.73 Å². The van der Waals surface area contributed by atoms with Gasteiger partial charge in [-0.1, -0.05) is 0 Å². The van der Waals surface area contributed by atoms with E-state index < -0.39 is 11.6 Å². The van der Waals surface area contributed by atoms with Crippen molar-refractivity contribution >= 4 is 0 Å². The Morgan fingerprint density at radius 1 is 1.11 bits per heavy atom. The minimum atomic E-state index is -0.497. The summed E-state index contributed by atoms with van der Waals surface area (Å²) in [6.07, 6.45) is 4.30. The number of nitrogens with zero attached hydrogens (tertiary/aromatic N) is 1. The third-order valence-electron chi connectivity index (χ3n) is 4.64. The lowest BCUT2D eigenvalue weighted by Crippen LogP contribution is -2.48. The first-order chi connectivity index (χ1) is 9.04. The van der Waals surface area contributed by atoms with E-state index in [1.807, 2.05) is 6.92 Å². The molecule has 0 amide bonds. The van der Waals surface area contributed by atoms with E-state index in [1.165, 1.54) is 12.1 Å². The van der Waals surface area contributed by atoms with Crippen LogP contribution in [0.15, 0.2) is 18.2 Å². The van der Waals surface area contributed by atoms with Crippen LogP contribution in [-0.4, -0.2) is 23.0 Å². The van der Waals surface area contributed by atoms with Crippen molar-refractivity contribution in [1.82, 2.24) is 4.90 Å². The lowest BCUT2D eigenvalue weighted by Gasteiger charge is -2.41. The topological polar surface area (TPSA) is 29.3 Å². The molecule has 2 heterocycles. The fraction of sp³-hybridized carbons (Fsp3) is 0.600. The van der Waals surface area contributed by atoms with Gasteiger partial charge in [-0.05, 0) is 50.3 Å². The predicted molar refractivity (Wildman–Crippen MR) is 70.6 cm³/mol. The predicted octanol–water partition coefficient (Wildman–Crippen LogP) is 2.98. The van der Waals surface area contributed by atoms with Gasteiger partial charge in [0.15, 0.2) is 0 Å². The number of nitrogens with two attached hydrogens (primary N) is 1. The fourth-order valence-corrected chi connectivity index (χ4v) is 3.88. The van der Waals surface area contributed by atoms with E-state index in [4.69, 9.17) is 5.73 Å². The summed E-state index contributed by atoms with van der Waals surface area (Å²) in [7, 11) is 0. The zero-order valence-electron chi connectivity index (χ0n) is 11.2. The Balaban J connectivity index is 1.86. The van der Waals surface area contributed by atoms with Crippen LogP contribution in [0.4, 0.5) is 8.78 Å². The summed E-state index contributed by atoms with van der Waals surface area (Å²) in [5.41, 5.74) is 6.78. The fourth-order valence-electron chi connectivity index (χ4n) is 3.88. The molecule has 3 unspecified atom stereocenters. The summed E-state index contributed by atoms with van der Waals surface area (Å²) in [6.45, 7) is 2.04. The van der Waals surface area contributed by atoms with Gasteiger partial charge in [-0.25, -0.2) is 8.78 Å². The maximum absolute atomic E-state index is 13.3. The lowest BCUT2D eigenvalue weighted by molar-refractivity contribution is 0.0851. The number of halogens is 2. The molecule has 3 rings (SSSR count). The molecular formula is C15H20F2N2. The normalized spacial score (nSPS) is 32.5. The van der Waals surface area contributed by atoms with Crippen LogP contribution in [0.2, 0.25) is 0 Å². The standard InChI is InChI=1S/C15H20F2N2/c1-9(10-4-11(16)6-12(17)5-10)19-14-2-3-15(19)8-13(18)7-14/h4-6,9,13-15H,2-3,7-8,18H2,1H3. The molecular weight excluding hydrogens is 246 g/mol. The minimum Gasteiger partial charge on any atom is -0.328 e. The third kappa shape index (κ3) is 2.39. The van der Waals surface area contributed by atoms with Crippen molar-refractivity contribution in [1.29, 1.82) is 0 Å². The van der Waals surface area contributed by atoms with Gasteiger partial charge in [0, 0.05) is 30.2 Å². The molecule has 104 valence electrons. The molecule has 0 saturated carbocycles. The van der Waals surface area contributed by atoms with E-state index in [1.54, 1.807) is 0 Å². The second kappa shape index (κ2) is 4.84. The van der Waals surface area contributed by atoms with Gasteiger partial charge < -0.3 is 5.73 Å². The maximum Gasteiger partial charge on any atom is 0.126 e. The van der Waals surface area contributed by atoms with Gasteiger partial charge in [0.05, 0.1) is 0 Å². The van der Waals surface area contributed by atoms with Crippen LogP contribution in [0.3, 0.4) is 0 Å². The third-order valence-corrected chi connectivity index (χ3v) is 4.64. The number of fused-ring (bicyclic) bond motifs is 2. The van der Waals surface area contributed by atoms with E-state index in [-0.39, 0.29) is 12.1 Å². The number of hydrogen-bond acceptors (Lipinski definition) is 2.